The summed E-state index contributed by atoms with van der Waals surface area (Å²) in [6.45, 7) is 0.179. The van der Waals surface area contributed by atoms with Crippen LogP contribution in [-0.2, 0) is 0 Å². The summed E-state index contributed by atoms with van der Waals surface area (Å²) in [6, 6.07) is 10.9. The molecular weight excluding hydrogens is 374 g/mol. The predicted molar refractivity (Wildman–Crippen MR) is 105 cm³/mol. The zero-order chi connectivity index (χ0) is 20.2. The quantitative estimate of drug-likeness (QED) is 0.342. The van der Waals surface area contributed by atoms with E-state index in [0.29, 0.717) is 34.7 Å². The number of aromatic nitrogens is 2. The van der Waals surface area contributed by atoms with Crippen molar-refractivity contribution < 1.29 is 24.2 Å². The summed E-state index contributed by atoms with van der Waals surface area (Å²) in [6.07, 6.45) is 3.57. The van der Waals surface area contributed by atoms with Crippen LogP contribution in [0.4, 0.5) is 0 Å². The molecule has 2 N–H and O–H groups in total. The molecule has 1 fully saturated rings. The summed E-state index contributed by atoms with van der Waals surface area (Å²) < 4.78 is 16.6. The molecule has 2 aromatic heterocycles. The maximum Gasteiger partial charge on any atom is 0.245 e. The fraction of sp³-hybridized carbons (Fsp3) is 0.286. The Morgan fingerprint density at radius 2 is 1.93 bits per heavy atom. The van der Waals surface area contributed by atoms with Gasteiger partial charge >= 0.3 is 0 Å². The van der Waals surface area contributed by atoms with Gasteiger partial charge in [0.2, 0.25) is 11.8 Å². The molecule has 1 aromatic carbocycles. The molecule has 29 heavy (non-hydrogen) atoms. The normalized spacial score (nSPS) is 14.1. The van der Waals surface area contributed by atoms with Gasteiger partial charge in [-0.15, -0.1) is 0 Å². The van der Waals surface area contributed by atoms with Crippen molar-refractivity contribution >= 4 is 5.71 Å². The molecule has 0 unspecified atom stereocenters. The van der Waals surface area contributed by atoms with E-state index in [1.165, 1.54) is 0 Å². The molecule has 0 aliphatic heterocycles. The van der Waals surface area contributed by atoms with E-state index in [-0.39, 0.29) is 19.1 Å². The van der Waals surface area contributed by atoms with E-state index >= 15 is 0 Å². The Morgan fingerprint density at radius 3 is 2.52 bits per heavy atom. The summed E-state index contributed by atoms with van der Waals surface area (Å²) in [7, 11) is 1.56. The second-order valence-corrected chi connectivity index (χ2v) is 6.64. The minimum absolute atomic E-state index is 0.0493. The summed E-state index contributed by atoms with van der Waals surface area (Å²) in [4.78, 5) is 8.86. The topological polar surface area (TPSA) is 110 Å². The minimum atomic E-state index is -0.0493. The van der Waals surface area contributed by atoms with Crippen LogP contribution in [0.5, 0.6) is 11.6 Å². The fourth-order valence-electron chi connectivity index (χ4n) is 2.98. The van der Waals surface area contributed by atoms with Gasteiger partial charge in [-0.1, -0.05) is 5.16 Å². The smallest absolute Gasteiger partial charge is 0.245 e. The van der Waals surface area contributed by atoms with E-state index in [1.54, 1.807) is 31.5 Å². The van der Waals surface area contributed by atoms with Crippen LogP contribution in [0.3, 0.4) is 0 Å². The average Bonchev–Trinajstić information content (AvgIpc) is 3.51. The third-order valence-electron chi connectivity index (χ3n) is 4.61. The minimum Gasteiger partial charge on any atom is -0.491 e. The standard InChI is InChI=1S/C21H21N3O5/c1-27-17-9-6-15(12-22-17)18-20(14-4-7-16(8-5-14)28-11-10-25)29-21(23-18)19(24-26)13-2-3-13/h4-9,12-13,25-26H,2-3,10-11H2,1H3. The lowest BCUT2D eigenvalue weighted by molar-refractivity contribution is 0.201. The van der Waals surface area contributed by atoms with Crippen LogP contribution in [0.25, 0.3) is 22.6 Å². The third kappa shape index (κ3) is 4.07. The van der Waals surface area contributed by atoms with E-state index in [1.807, 2.05) is 18.2 Å². The summed E-state index contributed by atoms with van der Waals surface area (Å²) >= 11 is 0. The molecule has 150 valence electrons. The van der Waals surface area contributed by atoms with Crippen LogP contribution in [0.15, 0.2) is 52.2 Å². The van der Waals surface area contributed by atoms with Crippen LogP contribution in [0, 0.1) is 5.92 Å². The second kappa shape index (κ2) is 8.32. The summed E-state index contributed by atoms with van der Waals surface area (Å²) in [5, 5.41) is 21.8. The van der Waals surface area contributed by atoms with Crippen molar-refractivity contribution in [2.75, 3.05) is 20.3 Å². The van der Waals surface area contributed by atoms with Crippen molar-refractivity contribution in [3.8, 4) is 34.2 Å². The number of hydrogen-bond donors (Lipinski definition) is 2. The largest absolute Gasteiger partial charge is 0.491 e. The van der Waals surface area contributed by atoms with E-state index in [2.05, 4.69) is 15.1 Å². The average molecular weight is 395 g/mol. The Hall–Kier alpha value is -3.39. The Morgan fingerprint density at radius 1 is 1.17 bits per heavy atom. The van der Waals surface area contributed by atoms with Gasteiger partial charge in [0.15, 0.2) is 5.76 Å². The molecule has 0 atom stereocenters. The lowest BCUT2D eigenvalue weighted by Gasteiger charge is -2.06. The number of pyridine rings is 1. The third-order valence-corrected chi connectivity index (χ3v) is 4.61. The Balaban J connectivity index is 1.74. The molecule has 1 aliphatic carbocycles. The maximum absolute atomic E-state index is 9.44. The first-order valence-electron chi connectivity index (χ1n) is 9.31. The molecule has 0 amide bonds. The molecule has 0 bridgehead atoms. The highest BCUT2D eigenvalue weighted by atomic mass is 16.5. The molecule has 0 radical (unpaired) electrons. The van der Waals surface area contributed by atoms with Crippen molar-refractivity contribution in [2.24, 2.45) is 11.1 Å². The van der Waals surface area contributed by atoms with Crippen LogP contribution < -0.4 is 9.47 Å². The fourth-order valence-corrected chi connectivity index (χ4v) is 2.98. The number of hydrogen-bond acceptors (Lipinski definition) is 8. The van der Waals surface area contributed by atoms with Crippen LogP contribution in [0.1, 0.15) is 18.7 Å². The van der Waals surface area contributed by atoms with Crippen LogP contribution in [-0.4, -0.2) is 46.3 Å². The predicted octanol–water partition coefficient (Wildman–Crippen LogP) is 3.37. The molecule has 4 rings (SSSR count). The molecule has 3 aromatic rings. The van der Waals surface area contributed by atoms with Crippen molar-refractivity contribution in [1.82, 2.24) is 9.97 Å². The first-order chi connectivity index (χ1) is 14.2. The van der Waals surface area contributed by atoms with E-state index in [9.17, 15) is 5.21 Å². The van der Waals surface area contributed by atoms with Crippen LogP contribution in [0.2, 0.25) is 0 Å². The molecule has 8 heteroatoms. The van der Waals surface area contributed by atoms with Crippen molar-refractivity contribution in [3.63, 3.8) is 0 Å². The number of benzene rings is 1. The molecule has 1 aliphatic rings. The van der Waals surface area contributed by atoms with Gasteiger partial charge in [-0.2, -0.15) is 0 Å². The molecule has 2 heterocycles. The zero-order valence-corrected chi connectivity index (χ0v) is 15.9. The van der Waals surface area contributed by atoms with Gasteiger partial charge in [-0.05, 0) is 43.2 Å². The van der Waals surface area contributed by atoms with Gasteiger partial charge in [0.1, 0.15) is 23.8 Å². The molecule has 0 saturated heterocycles. The number of methoxy groups -OCH3 is 1. The molecule has 0 spiro atoms. The highest BCUT2D eigenvalue weighted by Crippen LogP contribution is 2.38. The molecular formula is C21H21N3O5. The van der Waals surface area contributed by atoms with Crippen molar-refractivity contribution in [3.05, 3.63) is 48.5 Å². The highest BCUT2D eigenvalue weighted by Gasteiger charge is 2.33. The number of ether oxygens (including phenoxy) is 2. The maximum atomic E-state index is 9.44. The van der Waals surface area contributed by atoms with Crippen LogP contribution >= 0.6 is 0 Å². The number of rotatable bonds is 8. The van der Waals surface area contributed by atoms with Gasteiger partial charge in [0.05, 0.1) is 13.7 Å². The first-order valence-corrected chi connectivity index (χ1v) is 9.31. The Kier molecular flexibility index (Phi) is 5.44. The highest BCUT2D eigenvalue weighted by molar-refractivity contribution is 6.00. The van der Waals surface area contributed by atoms with Gasteiger partial charge in [-0.25, -0.2) is 9.97 Å². The van der Waals surface area contributed by atoms with Gasteiger partial charge in [0.25, 0.3) is 0 Å². The van der Waals surface area contributed by atoms with E-state index < -0.39 is 0 Å². The lowest BCUT2D eigenvalue weighted by Crippen LogP contribution is -2.03. The van der Waals surface area contributed by atoms with Gasteiger partial charge in [0, 0.05) is 29.3 Å². The number of aliphatic hydroxyl groups excluding tert-OH is 1. The number of aliphatic hydroxyl groups is 1. The Labute approximate surface area is 167 Å². The molecule has 1 saturated carbocycles. The molecule has 8 nitrogen and oxygen atoms in total. The van der Waals surface area contributed by atoms with Crippen molar-refractivity contribution in [2.45, 2.75) is 12.8 Å². The summed E-state index contributed by atoms with van der Waals surface area (Å²) in [5.74, 6) is 2.16. The monoisotopic (exact) mass is 395 g/mol. The number of nitrogens with zero attached hydrogens (tertiary/aromatic N) is 3. The van der Waals surface area contributed by atoms with E-state index in [4.69, 9.17) is 19.0 Å². The van der Waals surface area contributed by atoms with E-state index in [0.717, 1.165) is 24.0 Å². The second-order valence-electron chi connectivity index (χ2n) is 6.64. The van der Waals surface area contributed by atoms with Gasteiger partial charge in [-0.3, -0.25) is 0 Å². The van der Waals surface area contributed by atoms with Crippen molar-refractivity contribution in [1.29, 1.82) is 0 Å². The van der Waals surface area contributed by atoms with Gasteiger partial charge < -0.3 is 24.2 Å². The SMILES string of the molecule is COc1ccc(-c2nc(C(=NO)C3CC3)oc2-c2ccc(OCCO)cc2)cn1. The summed E-state index contributed by atoms with van der Waals surface area (Å²) in [5.41, 5.74) is 2.60. The number of oxazole rings is 1. The first kappa shape index (κ1) is 18.9. The Bertz CT molecular complexity index is 992. The number of oxime groups is 1. The zero-order valence-electron chi connectivity index (χ0n) is 15.9. The lowest BCUT2D eigenvalue weighted by atomic mass is 10.1.